The smallest absolute Gasteiger partial charge is 0.409 e. The topological polar surface area (TPSA) is 207 Å². The lowest BCUT2D eigenvalue weighted by Gasteiger charge is -2.39. The molecule has 0 radical (unpaired) electrons. The third-order valence-electron chi connectivity index (χ3n) is 7.86. The second-order valence-electron chi connectivity index (χ2n) is 10.6. The Morgan fingerprint density at radius 1 is 1.05 bits per heavy atom. The molecule has 1 aliphatic carbocycles. The number of piperazine rings is 1. The van der Waals surface area contributed by atoms with Gasteiger partial charge in [-0.1, -0.05) is 0 Å². The fraction of sp³-hybridized carbons (Fsp3) is 0.483. The van der Waals surface area contributed by atoms with E-state index in [0.29, 0.717) is 6.42 Å². The average molecular weight is 599 g/mol. The maximum atomic E-state index is 14.0. The number of carboxylic acids is 2. The van der Waals surface area contributed by atoms with Crippen molar-refractivity contribution in [1.29, 1.82) is 0 Å². The van der Waals surface area contributed by atoms with Crippen LogP contribution in [0.1, 0.15) is 78.3 Å². The number of hydrogen-bond acceptors (Lipinski definition) is 9. The lowest BCUT2D eigenvalue weighted by Crippen LogP contribution is -2.52. The first-order valence-electron chi connectivity index (χ1n) is 14.0. The number of rotatable bonds is 11. The van der Waals surface area contributed by atoms with Gasteiger partial charge in [0, 0.05) is 43.5 Å². The Bertz CT molecular complexity index is 1480. The lowest BCUT2D eigenvalue weighted by atomic mass is 9.80. The standard InChI is InChI=1S/C29H34N4O10/c1-3-42-28(41)33-13-11-32(12-14-33)26(38)18(6-8-21(35)36)23-22(25(30)37)24(43-29(27(39)40)9-4-10-29)19-15-17(16(2)34)5-7-20(19)31-23/h5,7,15,18H,3-4,6,8-14H2,1-2H3,(H2,30,37)(H,35,36)(H,39,40). The van der Waals surface area contributed by atoms with Gasteiger partial charge in [0.2, 0.25) is 11.5 Å². The molecule has 0 bridgehead atoms. The van der Waals surface area contributed by atoms with Crippen LogP contribution in [0.25, 0.3) is 10.9 Å². The van der Waals surface area contributed by atoms with Gasteiger partial charge < -0.3 is 35.2 Å². The molecule has 0 spiro atoms. The number of carbonyl (C=O) groups is 6. The van der Waals surface area contributed by atoms with Crippen LogP contribution in [0.3, 0.4) is 0 Å². The van der Waals surface area contributed by atoms with E-state index in [0.717, 1.165) is 0 Å². The number of nitrogens with zero attached hydrogens (tertiary/aromatic N) is 3. The van der Waals surface area contributed by atoms with Gasteiger partial charge in [0.25, 0.3) is 5.91 Å². The van der Waals surface area contributed by atoms with Crippen molar-refractivity contribution in [1.82, 2.24) is 14.8 Å². The van der Waals surface area contributed by atoms with Crippen molar-refractivity contribution in [3.8, 4) is 5.75 Å². The Hall–Kier alpha value is -4.75. The first kappa shape index (κ1) is 31.2. The van der Waals surface area contributed by atoms with Crippen LogP contribution in [0, 0.1) is 0 Å². The molecule has 2 aliphatic rings. The Morgan fingerprint density at radius 2 is 1.70 bits per heavy atom. The highest BCUT2D eigenvalue weighted by molar-refractivity contribution is 6.06. The zero-order valence-corrected chi connectivity index (χ0v) is 24.0. The lowest BCUT2D eigenvalue weighted by molar-refractivity contribution is -0.163. The average Bonchev–Trinajstić information content (AvgIpc) is 2.94. The van der Waals surface area contributed by atoms with Crippen LogP contribution >= 0.6 is 0 Å². The predicted molar refractivity (Wildman–Crippen MR) is 150 cm³/mol. The number of primary amides is 1. The van der Waals surface area contributed by atoms with E-state index in [2.05, 4.69) is 4.98 Å². The molecule has 2 aromatic rings. The number of aliphatic carboxylic acids is 2. The molecule has 2 heterocycles. The number of nitrogens with two attached hydrogens (primary N) is 1. The number of Topliss-reactive ketones (excluding diaryl/α,β-unsaturated/α-hetero) is 1. The summed E-state index contributed by atoms with van der Waals surface area (Å²) in [6.45, 7) is 3.80. The van der Waals surface area contributed by atoms with Crippen molar-refractivity contribution in [3.05, 3.63) is 35.0 Å². The quantitative estimate of drug-likeness (QED) is 0.319. The van der Waals surface area contributed by atoms with Crippen molar-refractivity contribution in [2.45, 2.75) is 57.5 Å². The van der Waals surface area contributed by atoms with Crippen LogP contribution in [0.2, 0.25) is 0 Å². The molecule has 1 aliphatic heterocycles. The highest BCUT2D eigenvalue weighted by Crippen LogP contribution is 2.43. The van der Waals surface area contributed by atoms with Crippen molar-refractivity contribution >= 4 is 46.5 Å². The minimum atomic E-state index is -1.66. The number of benzene rings is 1. The first-order valence-corrected chi connectivity index (χ1v) is 14.0. The summed E-state index contributed by atoms with van der Waals surface area (Å²) < 4.78 is 11.1. The normalized spacial score (nSPS) is 16.6. The molecular weight excluding hydrogens is 564 g/mol. The molecular formula is C29H34N4O10. The van der Waals surface area contributed by atoms with Gasteiger partial charge in [-0.25, -0.2) is 9.59 Å². The molecule has 230 valence electrons. The Balaban J connectivity index is 1.85. The minimum absolute atomic E-state index is 0.119. The van der Waals surface area contributed by atoms with Gasteiger partial charge in [0.05, 0.1) is 23.7 Å². The van der Waals surface area contributed by atoms with Gasteiger partial charge in [0.1, 0.15) is 11.3 Å². The van der Waals surface area contributed by atoms with Crippen molar-refractivity contribution in [2.75, 3.05) is 32.8 Å². The fourth-order valence-corrected chi connectivity index (χ4v) is 5.31. The predicted octanol–water partition coefficient (Wildman–Crippen LogP) is 2.17. The van der Waals surface area contributed by atoms with Crippen molar-refractivity contribution in [3.63, 3.8) is 0 Å². The summed E-state index contributed by atoms with van der Waals surface area (Å²) in [6, 6.07) is 4.40. The van der Waals surface area contributed by atoms with E-state index in [1.165, 1.54) is 34.9 Å². The van der Waals surface area contributed by atoms with Crippen molar-refractivity contribution < 1.29 is 48.5 Å². The molecule has 3 amide bonds. The van der Waals surface area contributed by atoms with E-state index < -0.39 is 47.8 Å². The summed E-state index contributed by atoms with van der Waals surface area (Å²) >= 11 is 0. The minimum Gasteiger partial charge on any atom is -0.481 e. The second kappa shape index (κ2) is 12.6. The Labute approximate surface area is 246 Å². The number of ether oxygens (including phenoxy) is 2. The van der Waals surface area contributed by atoms with Gasteiger partial charge in [-0.2, -0.15) is 0 Å². The number of fused-ring (bicyclic) bond motifs is 1. The molecule has 1 atom stereocenters. The van der Waals surface area contributed by atoms with E-state index >= 15 is 0 Å². The third kappa shape index (κ3) is 6.37. The number of ketones is 1. The highest BCUT2D eigenvalue weighted by atomic mass is 16.6. The van der Waals surface area contributed by atoms with Gasteiger partial charge in [-0.05, 0) is 57.7 Å². The highest BCUT2D eigenvalue weighted by Gasteiger charge is 2.48. The number of carbonyl (C=O) groups excluding carboxylic acids is 4. The number of amides is 3. The van der Waals surface area contributed by atoms with E-state index in [1.54, 1.807) is 6.92 Å². The molecule has 14 nitrogen and oxygen atoms in total. The molecule has 1 aromatic heterocycles. The zero-order valence-electron chi connectivity index (χ0n) is 24.0. The Kier molecular flexibility index (Phi) is 9.16. The molecule has 1 unspecified atom stereocenters. The summed E-state index contributed by atoms with van der Waals surface area (Å²) in [7, 11) is 0. The van der Waals surface area contributed by atoms with E-state index in [1.807, 2.05) is 0 Å². The first-order chi connectivity index (χ1) is 20.4. The van der Waals surface area contributed by atoms with E-state index in [4.69, 9.17) is 15.2 Å². The van der Waals surface area contributed by atoms with Gasteiger partial charge >= 0.3 is 18.0 Å². The molecule has 4 N–H and O–H groups in total. The maximum absolute atomic E-state index is 14.0. The van der Waals surface area contributed by atoms with Gasteiger partial charge in [0.15, 0.2) is 5.78 Å². The van der Waals surface area contributed by atoms with Gasteiger partial charge in [-0.3, -0.25) is 24.2 Å². The molecule has 1 saturated heterocycles. The van der Waals surface area contributed by atoms with E-state index in [9.17, 15) is 39.0 Å². The molecule has 1 saturated carbocycles. The van der Waals surface area contributed by atoms with Crippen LogP contribution in [0.15, 0.2) is 18.2 Å². The monoisotopic (exact) mass is 598 g/mol. The Morgan fingerprint density at radius 3 is 2.21 bits per heavy atom. The third-order valence-corrected chi connectivity index (χ3v) is 7.86. The van der Waals surface area contributed by atoms with Crippen molar-refractivity contribution in [2.24, 2.45) is 5.73 Å². The van der Waals surface area contributed by atoms with Crippen LogP contribution in [0.5, 0.6) is 5.75 Å². The zero-order chi connectivity index (χ0) is 31.5. The summed E-state index contributed by atoms with van der Waals surface area (Å²) in [5, 5.41) is 19.6. The second-order valence-corrected chi connectivity index (χ2v) is 10.6. The molecule has 14 heteroatoms. The largest absolute Gasteiger partial charge is 0.481 e. The van der Waals surface area contributed by atoms with Crippen LogP contribution in [-0.2, 0) is 19.1 Å². The summed E-state index contributed by atoms with van der Waals surface area (Å²) in [4.78, 5) is 82.7. The number of carboxylic acid groups (broad SMARTS) is 2. The molecule has 1 aromatic carbocycles. The van der Waals surface area contributed by atoms with Crippen LogP contribution in [0.4, 0.5) is 4.79 Å². The molecule has 4 rings (SSSR count). The van der Waals surface area contributed by atoms with Gasteiger partial charge in [-0.15, -0.1) is 0 Å². The maximum Gasteiger partial charge on any atom is 0.409 e. The fourth-order valence-electron chi connectivity index (χ4n) is 5.31. The molecule has 43 heavy (non-hydrogen) atoms. The number of hydrogen-bond donors (Lipinski definition) is 3. The summed E-state index contributed by atoms with van der Waals surface area (Å²) in [5.74, 6) is -5.83. The summed E-state index contributed by atoms with van der Waals surface area (Å²) in [5.41, 5.74) is 4.12. The van der Waals surface area contributed by atoms with E-state index in [-0.39, 0.29) is 91.3 Å². The number of aromatic nitrogens is 1. The SMILES string of the molecule is CCOC(=O)N1CCN(C(=O)C(CCC(=O)O)c2nc3ccc(C(C)=O)cc3c(OC3(C(=O)O)CCC3)c2C(N)=O)CC1. The molecule has 2 fully saturated rings. The number of pyridine rings is 1. The summed E-state index contributed by atoms with van der Waals surface area (Å²) in [6.07, 6.45) is -0.351. The van der Waals surface area contributed by atoms with Crippen LogP contribution in [-0.4, -0.2) is 99.0 Å². The van der Waals surface area contributed by atoms with Crippen LogP contribution < -0.4 is 10.5 Å².